The third-order valence-electron chi connectivity index (χ3n) is 4.32. The Balaban J connectivity index is 1.76. The summed E-state index contributed by atoms with van der Waals surface area (Å²) in [5.74, 6) is 0.851. The van der Waals surface area contributed by atoms with Gasteiger partial charge in [-0.3, -0.25) is 25.8 Å². The highest BCUT2D eigenvalue weighted by Crippen LogP contribution is 2.27. The normalized spacial score (nSPS) is 10.7. The Morgan fingerprint density at radius 2 is 1.78 bits per heavy atom. The Morgan fingerprint density at radius 1 is 1.06 bits per heavy atom. The maximum Gasteiger partial charge on any atom is 0.276 e. The van der Waals surface area contributed by atoms with Gasteiger partial charge in [0, 0.05) is 6.08 Å². The number of hydrogen-bond donors (Lipinski definition) is 3. The van der Waals surface area contributed by atoms with Gasteiger partial charge in [-0.25, -0.2) is 0 Å². The second-order valence-electron chi connectivity index (χ2n) is 7.31. The quantitative estimate of drug-likeness (QED) is 0.320. The maximum atomic E-state index is 12.1. The predicted octanol–water partition coefficient (Wildman–Crippen LogP) is 3.63. The largest absolute Gasteiger partial charge is 0.494 e. The van der Waals surface area contributed by atoms with E-state index >= 15 is 0 Å². The molecule has 0 atom stereocenters. The van der Waals surface area contributed by atoms with E-state index in [4.69, 9.17) is 21.7 Å². The molecule has 2 aromatic rings. The number of aryl methyl sites for hydroxylation is 1. The Hall–Kier alpha value is -3.39. The molecule has 0 radical (unpaired) electrons. The molecule has 0 aliphatic carbocycles. The number of carbonyl (C=O) groups is 2. The van der Waals surface area contributed by atoms with Crippen LogP contribution in [0.3, 0.4) is 0 Å². The van der Waals surface area contributed by atoms with Gasteiger partial charge in [-0.1, -0.05) is 38.1 Å². The molecule has 0 aromatic heterocycles. The van der Waals surface area contributed by atoms with Crippen molar-refractivity contribution in [2.45, 2.75) is 33.6 Å². The van der Waals surface area contributed by atoms with E-state index in [-0.39, 0.29) is 17.6 Å². The monoisotopic (exact) mass is 455 g/mol. The van der Waals surface area contributed by atoms with Gasteiger partial charge < -0.3 is 9.47 Å². The summed E-state index contributed by atoms with van der Waals surface area (Å²) in [5, 5.41) is 2.43. The lowest BCUT2D eigenvalue weighted by atomic mass is 10.0. The van der Waals surface area contributed by atoms with E-state index in [1.54, 1.807) is 6.08 Å². The van der Waals surface area contributed by atoms with E-state index < -0.39 is 11.8 Å². The van der Waals surface area contributed by atoms with E-state index in [1.165, 1.54) is 6.08 Å². The van der Waals surface area contributed by atoms with Crippen LogP contribution >= 0.6 is 12.2 Å². The van der Waals surface area contributed by atoms with Crippen molar-refractivity contribution in [2.75, 3.05) is 13.2 Å². The van der Waals surface area contributed by atoms with Crippen LogP contribution in [0.5, 0.6) is 11.5 Å². The topological polar surface area (TPSA) is 88.7 Å². The standard InChI is InChI=1S/C24H29N3O4S/c1-5-30-19-10-7-18(8-11-19)9-13-22(28)25-24(32)27-26-23(29)15-31-21-14-17(4)6-12-20(21)16(2)3/h6-14,16H,5,15H2,1-4H3,(H,26,29)(H2,25,27,28,32)/b13-9+. The summed E-state index contributed by atoms with van der Waals surface area (Å²) in [5.41, 5.74) is 7.80. The van der Waals surface area contributed by atoms with Crippen molar-refractivity contribution in [1.82, 2.24) is 16.2 Å². The van der Waals surface area contributed by atoms with Crippen LogP contribution in [0.25, 0.3) is 6.08 Å². The molecule has 0 saturated heterocycles. The molecule has 2 rings (SSSR count). The number of hydrogen-bond acceptors (Lipinski definition) is 5. The van der Waals surface area contributed by atoms with Gasteiger partial charge in [-0.15, -0.1) is 0 Å². The van der Waals surface area contributed by atoms with Crippen molar-refractivity contribution in [3.63, 3.8) is 0 Å². The maximum absolute atomic E-state index is 12.1. The fraction of sp³-hybridized carbons (Fsp3) is 0.292. The molecule has 0 spiro atoms. The van der Waals surface area contributed by atoms with Gasteiger partial charge in [-0.2, -0.15) is 0 Å². The molecule has 7 nitrogen and oxygen atoms in total. The van der Waals surface area contributed by atoms with Crippen molar-refractivity contribution < 1.29 is 19.1 Å². The summed E-state index contributed by atoms with van der Waals surface area (Å²) in [6.45, 7) is 8.40. The zero-order chi connectivity index (χ0) is 23.5. The minimum atomic E-state index is -0.428. The van der Waals surface area contributed by atoms with Crippen LogP contribution in [0.4, 0.5) is 0 Å². The van der Waals surface area contributed by atoms with Gasteiger partial charge in [0.1, 0.15) is 11.5 Å². The van der Waals surface area contributed by atoms with Crippen molar-refractivity contribution in [1.29, 1.82) is 0 Å². The third-order valence-corrected chi connectivity index (χ3v) is 4.52. The molecular formula is C24H29N3O4S. The second-order valence-corrected chi connectivity index (χ2v) is 7.72. The summed E-state index contributed by atoms with van der Waals surface area (Å²) < 4.78 is 11.0. The smallest absolute Gasteiger partial charge is 0.276 e. The number of ether oxygens (including phenoxy) is 2. The highest BCUT2D eigenvalue weighted by atomic mass is 32.1. The van der Waals surface area contributed by atoms with Crippen molar-refractivity contribution in [3.8, 4) is 11.5 Å². The Morgan fingerprint density at radius 3 is 2.44 bits per heavy atom. The Bertz CT molecular complexity index is 972. The average Bonchev–Trinajstić information content (AvgIpc) is 2.76. The lowest BCUT2D eigenvalue weighted by Crippen LogP contribution is -2.49. The lowest BCUT2D eigenvalue weighted by molar-refractivity contribution is -0.123. The van der Waals surface area contributed by atoms with Crippen molar-refractivity contribution in [3.05, 3.63) is 65.2 Å². The van der Waals surface area contributed by atoms with Crippen LogP contribution in [0.2, 0.25) is 0 Å². The van der Waals surface area contributed by atoms with E-state index in [9.17, 15) is 9.59 Å². The fourth-order valence-electron chi connectivity index (χ4n) is 2.75. The van der Waals surface area contributed by atoms with Crippen LogP contribution in [0.15, 0.2) is 48.5 Å². The summed E-state index contributed by atoms with van der Waals surface area (Å²) in [4.78, 5) is 24.1. The number of thiocarbonyl (C=S) groups is 1. The molecule has 0 bridgehead atoms. The van der Waals surface area contributed by atoms with Crippen LogP contribution in [0, 0.1) is 6.92 Å². The SMILES string of the molecule is CCOc1ccc(/C=C/C(=O)NC(=S)NNC(=O)COc2cc(C)ccc2C(C)C)cc1. The first-order chi connectivity index (χ1) is 15.3. The zero-order valence-corrected chi connectivity index (χ0v) is 19.5. The minimum absolute atomic E-state index is 0.0295. The molecule has 2 amide bonds. The van der Waals surface area contributed by atoms with Gasteiger partial charge in [-0.05, 0) is 72.9 Å². The van der Waals surface area contributed by atoms with E-state index in [1.807, 2.05) is 56.3 Å². The number of nitrogens with one attached hydrogen (secondary N) is 3. The van der Waals surface area contributed by atoms with Crippen LogP contribution < -0.4 is 25.6 Å². The molecule has 0 heterocycles. The number of rotatable bonds is 8. The highest BCUT2D eigenvalue weighted by Gasteiger charge is 2.10. The highest BCUT2D eigenvalue weighted by molar-refractivity contribution is 7.80. The fourth-order valence-corrected chi connectivity index (χ4v) is 2.90. The second kappa shape index (κ2) is 12.5. The lowest BCUT2D eigenvalue weighted by Gasteiger charge is -2.15. The first-order valence-corrected chi connectivity index (χ1v) is 10.7. The molecule has 0 aliphatic rings. The summed E-state index contributed by atoms with van der Waals surface area (Å²) in [6, 6.07) is 13.2. The molecule has 170 valence electrons. The molecule has 2 aromatic carbocycles. The Labute approximate surface area is 194 Å². The van der Waals surface area contributed by atoms with E-state index in [0.717, 1.165) is 22.4 Å². The van der Waals surface area contributed by atoms with Crippen LogP contribution in [-0.4, -0.2) is 30.1 Å². The zero-order valence-electron chi connectivity index (χ0n) is 18.7. The molecular weight excluding hydrogens is 426 g/mol. The molecule has 0 aliphatic heterocycles. The molecule has 0 fully saturated rings. The van der Waals surface area contributed by atoms with E-state index in [0.29, 0.717) is 12.4 Å². The summed E-state index contributed by atoms with van der Waals surface area (Å²) in [7, 11) is 0. The average molecular weight is 456 g/mol. The van der Waals surface area contributed by atoms with Crippen LogP contribution in [0.1, 0.15) is 43.4 Å². The van der Waals surface area contributed by atoms with Gasteiger partial charge in [0.25, 0.3) is 5.91 Å². The van der Waals surface area contributed by atoms with Crippen molar-refractivity contribution in [2.24, 2.45) is 0 Å². The first-order valence-electron chi connectivity index (χ1n) is 10.3. The van der Waals surface area contributed by atoms with Crippen molar-refractivity contribution >= 4 is 35.2 Å². The summed E-state index contributed by atoms with van der Waals surface area (Å²) >= 11 is 5.03. The first kappa shape index (κ1) is 24.9. The molecule has 0 unspecified atom stereocenters. The van der Waals surface area contributed by atoms with Gasteiger partial charge in [0.15, 0.2) is 11.7 Å². The number of hydrazine groups is 1. The number of benzene rings is 2. The number of carbonyl (C=O) groups excluding carboxylic acids is 2. The molecule has 32 heavy (non-hydrogen) atoms. The third kappa shape index (κ3) is 8.39. The molecule has 0 saturated carbocycles. The van der Waals surface area contributed by atoms with E-state index in [2.05, 4.69) is 30.0 Å². The predicted molar refractivity (Wildman–Crippen MR) is 129 cm³/mol. The van der Waals surface area contributed by atoms with Gasteiger partial charge in [0.05, 0.1) is 6.61 Å². The molecule has 8 heteroatoms. The van der Waals surface area contributed by atoms with Gasteiger partial charge >= 0.3 is 0 Å². The Kier molecular flexibility index (Phi) is 9.69. The number of amides is 2. The van der Waals surface area contributed by atoms with Crippen LogP contribution in [-0.2, 0) is 9.59 Å². The van der Waals surface area contributed by atoms with Gasteiger partial charge in [0.2, 0.25) is 5.91 Å². The summed E-state index contributed by atoms with van der Waals surface area (Å²) in [6.07, 6.45) is 2.99. The molecule has 3 N–H and O–H groups in total. The minimum Gasteiger partial charge on any atom is -0.494 e.